The summed E-state index contributed by atoms with van der Waals surface area (Å²) in [5, 5.41) is 22.2. The summed E-state index contributed by atoms with van der Waals surface area (Å²) in [7, 11) is 0. The Kier molecular flexibility index (Phi) is 9.74. The normalized spacial score (nSPS) is 13.5. The van der Waals surface area contributed by atoms with E-state index in [-0.39, 0.29) is 23.1 Å². The van der Waals surface area contributed by atoms with E-state index in [2.05, 4.69) is 0 Å². The molecule has 0 heterocycles. The fourth-order valence-electron chi connectivity index (χ4n) is 2.32. The molecule has 2 aromatic rings. The molecule has 0 saturated carbocycles. The Labute approximate surface area is 194 Å². The summed E-state index contributed by atoms with van der Waals surface area (Å²) in [4.78, 5) is 0. The maximum absolute atomic E-state index is 12.3. The van der Waals surface area contributed by atoms with Crippen molar-refractivity contribution in [2.24, 2.45) is 0 Å². The molecule has 0 bridgehead atoms. The van der Waals surface area contributed by atoms with Gasteiger partial charge < -0.3 is 10.2 Å². The molecular weight excluding hydrogens is 500 g/mol. The van der Waals surface area contributed by atoms with Crippen molar-refractivity contribution >= 4 is 23.1 Å². The summed E-state index contributed by atoms with van der Waals surface area (Å²) in [6.45, 7) is 0. The van der Waals surface area contributed by atoms with E-state index >= 15 is 0 Å². The van der Waals surface area contributed by atoms with Gasteiger partial charge in [-0.15, -0.1) is 0 Å². The molecule has 0 aliphatic rings. The summed E-state index contributed by atoms with van der Waals surface area (Å²) >= 11 is 0. The van der Waals surface area contributed by atoms with E-state index in [1.807, 2.05) is 0 Å². The molecule has 0 saturated heterocycles. The van der Waals surface area contributed by atoms with Crippen molar-refractivity contribution in [3.8, 4) is 0 Å². The average Bonchev–Trinajstić information content (AvgIpc) is 2.65. The summed E-state index contributed by atoms with van der Waals surface area (Å²) in [5.74, 6) is 0. The SMILES string of the molecule is [Mg+2].[O-]C(c1ccccc1)(C(F)(F)F)C(F)(F)F.[O-]C(c1ccccc1)(C(F)(F)F)C(F)(F)F. The second-order valence-corrected chi connectivity index (χ2v) is 6.09. The van der Waals surface area contributed by atoms with Gasteiger partial charge in [0.05, 0.1) is 0 Å². The third-order valence-electron chi connectivity index (χ3n) is 3.96. The van der Waals surface area contributed by atoms with E-state index in [0.717, 1.165) is 24.3 Å². The van der Waals surface area contributed by atoms with E-state index in [1.165, 1.54) is 12.1 Å². The van der Waals surface area contributed by atoms with Crippen LogP contribution in [0.15, 0.2) is 60.7 Å². The molecule has 0 N–H and O–H groups in total. The zero-order valence-corrected chi connectivity index (χ0v) is 17.2. The molecule has 0 spiro atoms. The van der Waals surface area contributed by atoms with Gasteiger partial charge in [0.2, 0.25) is 0 Å². The molecule has 0 aliphatic carbocycles. The fourth-order valence-corrected chi connectivity index (χ4v) is 2.32. The van der Waals surface area contributed by atoms with Crippen LogP contribution in [0, 0.1) is 0 Å². The smallest absolute Gasteiger partial charge is 0.833 e. The van der Waals surface area contributed by atoms with Crippen LogP contribution in [0.4, 0.5) is 52.7 Å². The van der Waals surface area contributed by atoms with Gasteiger partial charge in [-0.3, -0.25) is 0 Å². The zero-order chi connectivity index (χ0) is 25.2. The Hall–Kier alpha value is -1.71. The predicted molar refractivity (Wildman–Crippen MR) is 86.2 cm³/mol. The first-order valence-corrected chi connectivity index (χ1v) is 8.00. The van der Waals surface area contributed by atoms with Gasteiger partial charge in [-0.2, -0.15) is 52.7 Å². The van der Waals surface area contributed by atoms with Crippen LogP contribution in [-0.2, 0) is 11.2 Å². The third kappa shape index (κ3) is 6.25. The van der Waals surface area contributed by atoms with E-state index in [1.54, 1.807) is 0 Å². The summed E-state index contributed by atoms with van der Waals surface area (Å²) in [6.07, 6.45) is -23.8. The van der Waals surface area contributed by atoms with Gasteiger partial charge >= 0.3 is 47.8 Å². The van der Waals surface area contributed by atoms with Crippen LogP contribution in [0.2, 0.25) is 0 Å². The standard InChI is InChI=1S/2C9H5F6O.Mg/c2*10-8(11,12)7(16,9(13,14)15)6-4-2-1-3-5-6;/h2*1-5H;/q2*-1;+2. The molecule has 0 amide bonds. The van der Waals surface area contributed by atoms with Gasteiger partial charge in [-0.05, 0) is 11.1 Å². The Morgan fingerprint density at radius 1 is 0.394 bits per heavy atom. The summed E-state index contributed by atoms with van der Waals surface area (Å²) in [5.41, 5.74) is -12.9. The summed E-state index contributed by atoms with van der Waals surface area (Å²) in [6, 6.07) is 8.25. The molecule has 0 atom stereocenters. The second-order valence-electron chi connectivity index (χ2n) is 6.09. The number of alkyl halides is 12. The molecule has 0 radical (unpaired) electrons. The molecule has 2 nitrogen and oxygen atoms in total. The molecule has 0 aromatic heterocycles. The second kappa shape index (κ2) is 10.3. The first kappa shape index (κ1) is 31.3. The number of hydrogen-bond acceptors (Lipinski definition) is 2. The van der Waals surface area contributed by atoms with Gasteiger partial charge in [-0.1, -0.05) is 60.7 Å². The molecule has 2 rings (SSSR count). The van der Waals surface area contributed by atoms with E-state index < -0.39 is 47.0 Å². The van der Waals surface area contributed by atoms with E-state index in [0.29, 0.717) is 24.3 Å². The first-order chi connectivity index (χ1) is 14.2. The maximum atomic E-state index is 12.3. The summed E-state index contributed by atoms with van der Waals surface area (Å²) < 4.78 is 147. The topological polar surface area (TPSA) is 46.1 Å². The van der Waals surface area contributed by atoms with Gasteiger partial charge in [0.15, 0.2) is 0 Å². The van der Waals surface area contributed by atoms with Crippen molar-refractivity contribution in [1.29, 1.82) is 0 Å². The molecule has 15 heteroatoms. The Balaban J connectivity index is 0.000000602. The van der Waals surface area contributed by atoms with Crippen molar-refractivity contribution < 1.29 is 62.9 Å². The minimum atomic E-state index is -5.94. The van der Waals surface area contributed by atoms with Crippen molar-refractivity contribution in [2.45, 2.75) is 35.9 Å². The predicted octanol–water partition coefficient (Wildman–Crippen LogP) is 4.35. The van der Waals surface area contributed by atoms with Crippen LogP contribution >= 0.6 is 0 Å². The van der Waals surface area contributed by atoms with Crippen molar-refractivity contribution in [3.05, 3.63) is 71.8 Å². The van der Waals surface area contributed by atoms with Crippen LogP contribution in [0.5, 0.6) is 0 Å². The largest absolute Gasteiger partial charge is 2.00 e. The average molecular weight is 511 g/mol. The maximum Gasteiger partial charge on any atom is 2.00 e. The molecule has 0 unspecified atom stereocenters. The molecule has 0 aliphatic heterocycles. The monoisotopic (exact) mass is 510 g/mol. The van der Waals surface area contributed by atoms with Crippen LogP contribution in [-0.4, -0.2) is 47.8 Å². The van der Waals surface area contributed by atoms with E-state index in [9.17, 15) is 62.9 Å². The van der Waals surface area contributed by atoms with Crippen LogP contribution in [0.25, 0.3) is 0 Å². The Bertz CT molecular complexity index is 757. The molecule has 180 valence electrons. The minimum absolute atomic E-state index is 0. The minimum Gasteiger partial charge on any atom is -0.833 e. The van der Waals surface area contributed by atoms with Crippen molar-refractivity contribution in [3.63, 3.8) is 0 Å². The Morgan fingerprint density at radius 3 is 0.727 bits per heavy atom. The number of benzene rings is 2. The Morgan fingerprint density at radius 2 is 0.576 bits per heavy atom. The van der Waals surface area contributed by atoms with Crippen molar-refractivity contribution in [2.75, 3.05) is 0 Å². The van der Waals surface area contributed by atoms with E-state index in [4.69, 9.17) is 0 Å². The quantitative estimate of drug-likeness (QED) is 0.446. The van der Waals surface area contributed by atoms with Gasteiger partial charge in [-0.25, -0.2) is 0 Å². The van der Waals surface area contributed by atoms with Crippen LogP contribution < -0.4 is 10.2 Å². The number of halogens is 12. The molecule has 0 fully saturated rings. The molecule has 2 aromatic carbocycles. The van der Waals surface area contributed by atoms with Crippen LogP contribution in [0.3, 0.4) is 0 Å². The van der Waals surface area contributed by atoms with Gasteiger partial charge in [0.25, 0.3) is 0 Å². The van der Waals surface area contributed by atoms with Gasteiger partial charge in [0.1, 0.15) is 11.2 Å². The van der Waals surface area contributed by atoms with Gasteiger partial charge in [0, 0.05) is 0 Å². The van der Waals surface area contributed by atoms with Crippen LogP contribution in [0.1, 0.15) is 11.1 Å². The zero-order valence-electron chi connectivity index (χ0n) is 15.8. The molecular formula is C18H10F12MgO2. The molecule has 33 heavy (non-hydrogen) atoms. The number of hydrogen-bond donors (Lipinski definition) is 0. The first-order valence-electron chi connectivity index (χ1n) is 8.00. The van der Waals surface area contributed by atoms with Crippen molar-refractivity contribution in [1.82, 2.24) is 0 Å². The number of rotatable bonds is 2. The third-order valence-corrected chi connectivity index (χ3v) is 3.96. The fraction of sp³-hybridized carbons (Fsp3) is 0.333.